The number of aromatic nitrogens is 2. The van der Waals surface area contributed by atoms with Crippen molar-refractivity contribution in [3.05, 3.63) is 15.8 Å². The summed E-state index contributed by atoms with van der Waals surface area (Å²) in [7, 11) is 1.70. The lowest BCUT2D eigenvalue weighted by molar-refractivity contribution is -0.385. The molecular formula is C13H21N5O2. The van der Waals surface area contributed by atoms with E-state index in [1.165, 1.54) is 12.8 Å². The first kappa shape index (κ1) is 14.5. The summed E-state index contributed by atoms with van der Waals surface area (Å²) in [5.74, 6) is 1.48. The molecule has 20 heavy (non-hydrogen) atoms. The first-order valence-electron chi connectivity index (χ1n) is 7.02. The van der Waals surface area contributed by atoms with Crippen molar-refractivity contribution < 1.29 is 4.92 Å². The quantitative estimate of drug-likeness (QED) is 0.589. The number of hydrogen-bond acceptors (Lipinski definition) is 6. The topological polar surface area (TPSA) is 93.0 Å². The molecule has 0 bridgehead atoms. The lowest BCUT2D eigenvalue weighted by Crippen LogP contribution is -2.21. The second-order valence-corrected chi connectivity index (χ2v) is 5.27. The van der Waals surface area contributed by atoms with Crippen molar-refractivity contribution in [3.8, 4) is 0 Å². The van der Waals surface area contributed by atoms with Crippen molar-refractivity contribution in [2.45, 2.75) is 45.6 Å². The largest absolute Gasteiger partial charge is 0.361 e. The van der Waals surface area contributed by atoms with Gasteiger partial charge in [0.05, 0.1) is 4.92 Å². The minimum absolute atomic E-state index is 0.0294. The van der Waals surface area contributed by atoms with Gasteiger partial charge in [-0.25, -0.2) is 4.98 Å². The van der Waals surface area contributed by atoms with Gasteiger partial charge in [0.2, 0.25) is 11.8 Å². The van der Waals surface area contributed by atoms with Gasteiger partial charge >= 0.3 is 5.69 Å². The molecule has 1 aliphatic rings. The zero-order valence-electron chi connectivity index (χ0n) is 12.1. The number of nitrogens with one attached hydrogen (secondary N) is 2. The zero-order chi connectivity index (χ0) is 14.7. The number of nitro groups is 1. The van der Waals surface area contributed by atoms with Crippen molar-refractivity contribution in [1.29, 1.82) is 0 Å². The summed E-state index contributed by atoms with van der Waals surface area (Å²) in [4.78, 5) is 19.1. The molecule has 7 heteroatoms. The molecule has 1 atom stereocenters. The molecule has 1 fully saturated rings. The Labute approximate surface area is 118 Å². The predicted octanol–water partition coefficient (Wildman–Crippen LogP) is 2.73. The standard InChI is InChI=1S/C13H21N5O2/c1-4-10(7-9-5-6-9)16-12-11(18(19)20)8(2)15-13(14-3)17-12/h9-10H,4-7H2,1-3H3,(H2,14,15,16,17). The normalized spacial score (nSPS) is 15.8. The highest BCUT2D eigenvalue weighted by molar-refractivity contribution is 5.61. The van der Waals surface area contributed by atoms with E-state index in [9.17, 15) is 10.1 Å². The third-order valence-corrected chi connectivity index (χ3v) is 3.61. The molecule has 0 spiro atoms. The number of anilines is 2. The van der Waals surface area contributed by atoms with E-state index in [-0.39, 0.29) is 11.7 Å². The molecular weight excluding hydrogens is 258 g/mol. The van der Waals surface area contributed by atoms with Crippen molar-refractivity contribution in [3.63, 3.8) is 0 Å². The molecule has 0 amide bonds. The molecule has 1 aromatic rings. The Hall–Kier alpha value is -1.92. The molecule has 1 aliphatic carbocycles. The average molecular weight is 279 g/mol. The number of rotatable bonds is 7. The van der Waals surface area contributed by atoms with Gasteiger partial charge in [-0.3, -0.25) is 10.1 Å². The van der Waals surface area contributed by atoms with Crippen molar-refractivity contribution in [1.82, 2.24) is 9.97 Å². The Balaban J connectivity index is 2.26. The fourth-order valence-corrected chi connectivity index (χ4v) is 2.27. The molecule has 1 aromatic heterocycles. The van der Waals surface area contributed by atoms with E-state index in [1.807, 2.05) is 0 Å². The second-order valence-electron chi connectivity index (χ2n) is 5.27. The van der Waals surface area contributed by atoms with E-state index in [2.05, 4.69) is 27.5 Å². The summed E-state index contributed by atoms with van der Waals surface area (Å²) in [6.07, 6.45) is 4.51. The monoisotopic (exact) mass is 279 g/mol. The summed E-state index contributed by atoms with van der Waals surface area (Å²) < 4.78 is 0. The first-order chi connectivity index (χ1) is 9.55. The highest BCUT2D eigenvalue weighted by Crippen LogP contribution is 2.35. The summed E-state index contributed by atoms with van der Waals surface area (Å²) in [6, 6.07) is 0.222. The highest BCUT2D eigenvalue weighted by atomic mass is 16.6. The fourth-order valence-electron chi connectivity index (χ4n) is 2.27. The van der Waals surface area contributed by atoms with Crippen LogP contribution in [-0.4, -0.2) is 28.0 Å². The number of nitrogens with zero attached hydrogens (tertiary/aromatic N) is 3. The molecule has 0 saturated heterocycles. The number of aryl methyl sites for hydroxylation is 1. The predicted molar refractivity (Wildman–Crippen MR) is 78.0 cm³/mol. The van der Waals surface area contributed by atoms with Crippen molar-refractivity contribution >= 4 is 17.5 Å². The maximum Gasteiger partial charge on any atom is 0.332 e. The summed E-state index contributed by atoms with van der Waals surface area (Å²) in [6.45, 7) is 3.71. The molecule has 0 radical (unpaired) electrons. The third-order valence-electron chi connectivity index (χ3n) is 3.61. The second kappa shape index (κ2) is 6.02. The Bertz CT molecular complexity index is 502. The van der Waals surface area contributed by atoms with Crippen LogP contribution in [0.15, 0.2) is 0 Å². The van der Waals surface area contributed by atoms with Gasteiger partial charge in [0.25, 0.3) is 0 Å². The molecule has 1 heterocycles. The third kappa shape index (κ3) is 3.34. The van der Waals surface area contributed by atoms with Gasteiger partial charge < -0.3 is 10.6 Å². The lowest BCUT2D eigenvalue weighted by atomic mass is 10.1. The molecule has 1 saturated carbocycles. The maximum atomic E-state index is 11.2. The average Bonchev–Trinajstić information content (AvgIpc) is 3.20. The van der Waals surface area contributed by atoms with Gasteiger partial charge in [-0.1, -0.05) is 19.8 Å². The summed E-state index contributed by atoms with van der Waals surface area (Å²) in [5.41, 5.74) is 0.344. The minimum atomic E-state index is -0.416. The van der Waals surface area contributed by atoms with Crippen LogP contribution in [0, 0.1) is 23.0 Å². The molecule has 2 N–H and O–H groups in total. The van der Waals surface area contributed by atoms with Crippen LogP contribution >= 0.6 is 0 Å². The van der Waals surface area contributed by atoms with E-state index < -0.39 is 4.92 Å². The van der Waals surface area contributed by atoms with Crippen molar-refractivity contribution in [2.75, 3.05) is 17.7 Å². The van der Waals surface area contributed by atoms with Crippen LogP contribution in [0.4, 0.5) is 17.5 Å². The van der Waals surface area contributed by atoms with Crippen LogP contribution in [0.1, 0.15) is 38.3 Å². The molecule has 110 valence electrons. The SMILES string of the molecule is CCC(CC1CC1)Nc1nc(NC)nc(C)c1[N+](=O)[O-]. The Morgan fingerprint density at radius 2 is 2.15 bits per heavy atom. The van der Waals surface area contributed by atoms with Crippen molar-refractivity contribution in [2.24, 2.45) is 5.92 Å². The van der Waals surface area contributed by atoms with Gasteiger partial charge in [0, 0.05) is 13.1 Å². The molecule has 7 nitrogen and oxygen atoms in total. The minimum Gasteiger partial charge on any atom is -0.361 e. The Morgan fingerprint density at radius 3 is 2.65 bits per heavy atom. The van der Waals surface area contributed by atoms with Crippen LogP contribution in [-0.2, 0) is 0 Å². The number of hydrogen-bond donors (Lipinski definition) is 2. The van der Waals surface area contributed by atoms with Crippen LogP contribution in [0.5, 0.6) is 0 Å². The van der Waals surface area contributed by atoms with E-state index in [0.717, 1.165) is 18.8 Å². The lowest BCUT2D eigenvalue weighted by Gasteiger charge is -2.18. The zero-order valence-corrected chi connectivity index (χ0v) is 12.1. The van der Waals surface area contributed by atoms with E-state index in [0.29, 0.717) is 17.5 Å². The first-order valence-corrected chi connectivity index (χ1v) is 7.02. The summed E-state index contributed by atoms with van der Waals surface area (Å²) in [5, 5.41) is 17.3. The molecule has 0 aromatic carbocycles. The van der Waals surface area contributed by atoms with E-state index in [1.54, 1.807) is 14.0 Å². The van der Waals surface area contributed by atoms with E-state index >= 15 is 0 Å². The molecule has 2 rings (SSSR count). The van der Waals surface area contributed by atoms with E-state index in [4.69, 9.17) is 0 Å². The van der Waals surface area contributed by atoms with Crippen LogP contribution in [0.2, 0.25) is 0 Å². The molecule has 1 unspecified atom stereocenters. The van der Waals surface area contributed by atoms with Gasteiger partial charge in [-0.15, -0.1) is 0 Å². The fraction of sp³-hybridized carbons (Fsp3) is 0.692. The van der Waals surface area contributed by atoms with Gasteiger partial charge in [-0.2, -0.15) is 4.98 Å². The van der Waals surface area contributed by atoms with Crippen LogP contribution in [0.25, 0.3) is 0 Å². The van der Waals surface area contributed by atoms with Crippen LogP contribution in [0.3, 0.4) is 0 Å². The maximum absolute atomic E-state index is 11.2. The Morgan fingerprint density at radius 1 is 1.45 bits per heavy atom. The molecule has 0 aliphatic heterocycles. The Kier molecular flexibility index (Phi) is 4.36. The van der Waals surface area contributed by atoms with Gasteiger partial charge in [-0.05, 0) is 25.7 Å². The van der Waals surface area contributed by atoms with Gasteiger partial charge in [0.1, 0.15) is 5.69 Å². The van der Waals surface area contributed by atoms with Gasteiger partial charge in [0.15, 0.2) is 0 Å². The smallest absolute Gasteiger partial charge is 0.332 e. The summed E-state index contributed by atoms with van der Waals surface area (Å²) >= 11 is 0. The highest BCUT2D eigenvalue weighted by Gasteiger charge is 2.28. The van der Waals surface area contributed by atoms with Crippen LogP contribution < -0.4 is 10.6 Å².